The molecule has 7 heteroatoms. The van der Waals surface area contributed by atoms with Gasteiger partial charge in [-0.25, -0.2) is 4.79 Å². The van der Waals surface area contributed by atoms with E-state index in [4.69, 9.17) is 9.47 Å². The first-order valence-electron chi connectivity index (χ1n) is 10.2. The highest BCUT2D eigenvalue weighted by Gasteiger charge is 2.42. The quantitative estimate of drug-likeness (QED) is 0.705. The molecule has 0 atom stereocenters. The number of carbonyl (C=O) groups excluding carboxylic acids is 3. The van der Waals surface area contributed by atoms with E-state index >= 15 is 0 Å². The third-order valence-electron chi connectivity index (χ3n) is 5.46. The van der Waals surface area contributed by atoms with E-state index in [-0.39, 0.29) is 30.0 Å². The summed E-state index contributed by atoms with van der Waals surface area (Å²) in [5.41, 5.74) is 0.393. The van der Waals surface area contributed by atoms with Gasteiger partial charge in [-0.15, -0.1) is 0 Å². The summed E-state index contributed by atoms with van der Waals surface area (Å²) >= 11 is 0. The molecule has 0 saturated heterocycles. The van der Waals surface area contributed by atoms with Gasteiger partial charge in [0.1, 0.15) is 5.60 Å². The van der Waals surface area contributed by atoms with Gasteiger partial charge in [-0.2, -0.15) is 0 Å². The molecule has 1 aliphatic heterocycles. The van der Waals surface area contributed by atoms with E-state index in [0.717, 1.165) is 0 Å². The summed E-state index contributed by atoms with van der Waals surface area (Å²) in [6, 6.07) is 6.83. The van der Waals surface area contributed by atoms with Crippen LogP contribution in [0.5, 0.6) is 0 Å². The van der Waals surface area contributed by atoms with E-state index in [2.05, 4.69) is 0 Å². The average Bonchev–Trinajstić information content (AvgIpc) is 2.92. The van der Waals surface area contributed by atoms with Crippen molar-refractivity contribution < 1.29 is 23.9 Å². The Labute approximate surface area is 171 Å². The summed E-state index contributed by atoms with van der Waals surface area (Å²) in [6.07, 6.45) is 2.41. The van der Waals surface area contributed by atoms with E-state index in [0.29, 0.717) is 50.0 Å². The topological polar surface area (TPSA) is 76.2 Å². The monoisotopic (exact) mass is 402 g/mol. The molecule has 2 aliphatic rings. The Balaban J connectivity index is 1.66. The molecule has 0 unspecified atom stereocenters. The third kappa shape index (κ3) is 4.61. The van der Waals surface area contributed by atoms with Crippen LogP contribution in [-0.2, 0) is 9.47 Å². The number of imide groups is 1. The van der Waals surface area contributed by atoms with Crippen LogP contribution in [0.1, 0.15) is 67.2 Å². The lowest BCUT2D eigenvalue weighted by atomic mass is 9.89. The number of ether oxygens (including phenoxy) is 2. The second kappa shape index (κ2) is 8.53. The van der Waals surface area contributed by atoms with Crippen LogP contribution >= 0.6 is 0 Å². The third-order valence-corrected chi connectivity index (χ3v) is 5.46. The summed E-state index contributed by atoms with van der Waals surface area (Å²) in [5.74, 6) is -0.421. The van der Waals surface area contributed by atoms with Crippen LogP contribution in [-0.4, -0.2) is 65.7 Å². The fraction of sp³-hybridized carbons (Fsp3) is 0.591. The predicted molar refractivity (Wildman–Crippen MR) is 108 cm³/mol. The molecule has 3 amide bonds. The lowest BCUT2D eigenvalue weighted by molar-refractivity contribution is 0.00240. The molecule has 1 fully saturated rings. The number of benzene rings is 1. The molecule has 1 heterocycles. The first-order chi connectivity index (χ1) is 13.7. The Morgan fingerprint density at radius 2 is 1.62 bits per heavy atom. The zero-order chi connectivity index (χ0) is 21.2. The minimum absolute atomic E-state index is 0.00596. The Bertz CT molecular complexity index is 743. The SMILES string of the molecule is COCCN(C(=O)OC(C)(C)C)C1CCC(N2C(=O)c3ccccc3C2=O)CC1. The van der Waals surface area contributed by atoms with Crippen molar-refractivity contribution >= 4 is 17.9 Å². The van der Waals surface area contributed by atoms with Crippen molar-refractivity contribution in [2.45, 2.75) is 64.1 Å². The second-order valence-corrected chi connectivity index (χ2v) is 8.65. The van der Waals surface area contributed by atoms with Gasteiger partial charge in [0.2, 0.25) is 0 Å². The molecule has 1 aliphatic carbocycles. The molecule has 1 aromatic carbocycles. The average molecular weight is 402 g/mol. The van der Waals surface area contributed by atoms with Gasteiger partial charge in [0.05, 0.1) is 17.7 Å². The van der Waals surface area contributed by atoms with Crippen molar-refractivity contribution in [1.29, 1.82) is 0 Å². The van der Waals surface area contributed by atoms with Crippen LogP contribution < -0.4 is 0 Å². The van der Waals surface area contributed by atoms with E-state index in [1.807, 2.05) is 20.8 Å². The Morgan fingerprint density at radius 1 is 1.07 bits per heavy atom. The number of carbonyl (C=O) groups is 3. The molecule has 29 heavy (non-hydrogen) atoms. The van der Waals surface area contributed by atoms with Gasteiger partial charge in [-0.3, -0.25) is 14.5 Å². The van der Waals surface area contributed by atoms with Crippen LogP contribution in [0.3, 0.4) is 0 Å². The van der Waals surface area contributed by atoms with Gasteiger partial charge in [-0.1, -0.05) is 12.1 Å². The van der Waals surface area contributed by atoms with Crippen LogP contribution in [0, 0.1) is 0 Å². The van der Waals surface area contributed by atoms with E-state index < -0.39 is 5.60 Å². The maximum Gasteiger partial charge on any atom is 0.410 e. The van der Waals surface area contributed by atoms with Gasteiger partial charge >= 0.3 is 6.09 Å². The summed E-state index contributed by atoms with van der Waals surface area (Å²) < 4.78 is 10.7. The Hall–Kier alpha value is -2.41. The van der Waals surface area contributed by atoms with Crippen molar-refractivity contribution in [2.75, 3.05) is 20.3 Å². The summed E-state index contributed by atoms with van der Waals surface area (Å²) in [7, 11) is 1.60. The first kappa shape index (κ1) is 21.3. The maximum absolute atomic E-state index is 12.7. The fourth-order valence-electron chi connectivity index (χ4n) is 4.10. The molecule has 0 N–H and O–H groups in total. The largest absolute Gasteiger partial charge is 0.444 e. The van der Waals surface area contributed by atoms with E-state index in [1.54, 1.807) is 36.3 Å². The van der Waals surface area contributed by atoms with Crippen LogP contribution in [0.15, 0.2) is 24.3 Å². The van der Waals surface area contributed by atoms with Crippen molar-refractivity contribution in [3.63, 3.8) is 0 Å². The summed E-state index contributed by atoms with van der Waals surface area (Å²) in [6.45, 7) is 6.42. The minimum atomic E-state index is -0.570. The van der Waals surface area contributed by atoms with Crippen molar-refractivity contribution in [3.8, 4) is 0 Å². The number of amides is 3. The Morgan fingerprint density at radius 3 is 2.10 bits per heavy atom. The van der Waals surface area contributed by atoms with Gasteiger partial charge in [0.15, 0.2) is 0 Å². The van der Waals surface area contributed by atoms with E-state index in [9.17, 15) is 14.4 Å². The second-order valence-electron chi connectivity index (χ2n) is 8.65. The fourth-order valence-corrected chi connectivity index (χ4v) is 4.10. The molecular formula is C22H30N2O5. The van der Waals surface area contributed by atoms with Gasteiger partial charge in [-0.05, 0) is 58.6 Å². The molecule has 7 nitrogen and oxygen atoms in total. The molecule has 158 valence electrons. The molecule has 1 saturated carbocycles. The standard InChI is InChI=1S/C22H30N2O5/c1-22(2,3)29-21(27)23(13-14-28-4)15-9-11-16(12-10-15)24-19(25)17-7-5-6-8-18(17)20(24)26/h5-8,15-16H,9-14H2,1-4H3. The first-order valence-corrected chi connectivity index (χ1v) is 10.2. The van der Waals surface area contributed by atoms with Crippen LogP contribution in [0.25, 0.3) is 0 Å². The lowest BCUT2D eigenvalue weighted by Gasteiger charge is -2.39. The highest BCUT2D eigenvalue weighted by molar-refractivity contribution is 6.21. The molecule has 0 spiro atoms. The minimum Gasteiger partial charge on any atom is -0.444 e. The lowest BCUT2D eigenvalue weighted by Crippen LogP contribution is -2.49. The van der Waals surface area contributed by atoms with Crippen LogP contribution in [0.2, 0.25) is 0 Å². The van der Waals surface area contributed by atoms with Gasteiger partial charge < -0.3 is 14.4 Å². The smallest absolute Gasteiger partial charge is 0.410 e. The number of nitrogens with zero attached hydrogens (tertiary/aromatic N) is 2. The van der Waals surface area contributed by atoms with Gasteiger partial charge in [0, 0.05) is 25.7 Å². The molecule has 3 rings (SSSR count). The number of rotatable bonds is 5. The number of hydrogen-bond donors (Lipinski definition) is 0. The highest BCUT2D eigenvalue weighted by Crippen LogP contribution is 2.33. The van der Waals surface area contributed by atoms with Crippen molar-refractivity contribution in [1.82, 2.24) is 9.80 Å². The molecule has 0 aromatic heterocycles. The predicted octanol–water partition coefficient (Wildman–Crippen LogP) is 3.48. The van der Waals surface area contributed by atoms with Crippen molar-refractivity contribution in [2.24, 2.45) is 0 Å². The van der Waals surface area contributed by atoms with Crippen LogP contribution in [0.4, 0.5) is 4.79 Å². The summed E-state index contributed by atoms with van der Waals surface area (Å²) in [5, 5.41) is 0. The van der Waals surface area contributed by atoms with E-state index in [1.165, 1.54) is 4.90 Å². The normalized spacial score (nSPS) is 21.9. The number of fused-ring (bicyclic) bond motifs is 1. The van der Waals surface area contributed by atoms with Crippen molar-refractivity contribution in [3.05, 3.63) is 35.4 Å². The number of methoxy groups -OCH3 is 1. The molecule has 0 radical (unpaired) electrons. The molecule has 0 bridgehead atoms. The molecule has 1 aromatic rings. The van der Waals surface area contributed by atoms with Gasteiger partial charge in [0.25, 0.3) is 11.8 Å². The zero-order valence-electron chi connectivity index (χ0n) is 17.6. The maximum atomic E-state index is 12.7. The summed E-state index contributed by atoms with van der Waals surface area (Å²) in [4.78, 5) is 41.3. The number of hydrogen-bond acceptors (Lipinski definition) is 5. The zero-order valence-corrected chi connectivity index (χ0v) is 17.6. The molecular weight excluding hydrogens is 372 g/mol. The highest BCUT2D eigenvalue weighted by atomic mass is 16.6. The Kier molecular flexibility index (Phi) is 6.27.